The van der Waals surface area contributed by atoms with Gasteiger partial charge in [0.15, 0.2) is 0 Å². The van der Waals surface area contributed by atoms with Crippen LogP contribution < -0.4 is 10.6 Å². The van der Waals surface area contributed by atoms with Crippen LogP contribution in [0.3, 0.4) is 0 Å². The van der Waals surface area contributed by atoms with Gasteiger partial charge in [0.1, 0.15) is 6.04 Å². The number of carbonyl (C=O) groups excluding carboxylic acids is 1. The molecule has 7 nitrogen and oxygen atoms in total. The highest BCUT2D eigenvalue weighted by Gasteiger charge is 2.19. The van der Waals surface area contributed by atoms with Gasteiger partial charge in [-0.15, -0.1) is 0 Å². The number of aromatic nitrogens is 1. The number of pyridine rings is 1. The van der Waals surface area contributed by atoms with Gasteiger partial charge in [-0.3, -0.25) is 4.98 Å². The van der Waals surface area contributed by atoms with Gasteiger partial charge in [-0.05, 0) is 19.1 Å². The van der Waals surface area contributed by atoms with Crippen LogP contribution in [0.4, 0.5) is 10.5 Å². The van der Waals surface area contributed by atoms with E-state index in [1.54, 1.807) is 25.3 Å². The van der Waals surface area contributed by atoms with E-state index in [-0.39, 0.29) is 13.0 Å². The lowest BCUT2D eigenvalue weighted by Crippen LogP contribution is -2.43. The second kappa shape index (κ2) is 6.55. The van der Waals surface area contributed by atoms with Crippen LogP contribution in [0.15, 0.2) is 18.3 Å². The number of carboxylic acid groups (broad SMARTS) is 1. The van der Waals surface area contributed by atoms with E-state index in [4.69, 9.17) is 10.2 Å². The van der Waals surface area contributed by atoms with Crippen molar-refractivity contribution in [3.8, 4) is 0 Å². The molecule has 1 heterocycles. The number of hydrogen-bond acceptors (Lipinski definition) is 4. The smallest absolute Gasteiger partial charge is 0.326 e. The van der Waals surface area contributed by atoms with Gasteiger partial charge in [-0.25, -0.2) is 9.59 Å². The molecular formula is C11H15N3O4. The first-order chi connectivity index (χ1) is 8.54. The molecule has 1 rings (SSSR count). The zero-order valence-corrected chi connectivity index (χ0v) is 9.88. The molecule has 2 amide bonds. The van der Waals surface area contributed by atoms with Gasteiger partial charge < -0.3 is 20.8 Å². The van der Waals surface area contributed by atoms with E-state index in [1.807, 2.05) is 0 Å². The number of aliphatic hydroxyl groups excluding tert-OH is 1. The van der Waals surface area contributed by atoms with E-state index < -0.39 is 18.0 Å². The van der Waals surface area contributed by atoms with Crippen molar-refractivity contribution in [2.24, 2.45) is 0 Å². The predicted molar refractivity (Wildman–Crippen MR) is 64.3 cm³/mol. The number of nitrogens with zero attached hydrogens (tertiary/aromatic N) is 1. The Hall–Kier alpha value is -2.15. The van der Waals surface area contributed by atoms with Crippen molar-refractivity contribution in [3.63, 3.8) is 0 Å². The Morgan fingerprint density at radius 3 is 2.78 bits per heavy atom. The minimum Gasteiger partial charge on any atom is -0.480 e. The summed E-state index contributed by atoms with van der Waals surface area (Å²) in [5.41, 5.74) is 1.13. The Labute approximate surface area is 104 Å². The molecule has 0 aliphatic rings. The van der Waals surface area contributed by atoms with Crippen LogP contribution in [0, 0.1) is 6.92 Å². The molecule has 7 heteroatoms. The van der Waals surface area contributed by atoms with Crippen LogP contribution in [-0.2, 0) is 4.79 Å². The molecule has 0 aromatic carbocycles. The van der Waals surface area contributed by atoms with Crippen molar-refractivity contribution in [2.75, 3.05) is 11.9 Å². The average Bonchev–Trinajstić information content (AvgIpc) is 2.31. The van der Waals surface area contributed by atoms with Crippen molar-refractivity contribution in [1.29, 1.82) is 0 Å². The molecule has 1 aromatic heterocycles. The van der Waals surface area contributed by atoms with Gasteiger partial charge in [0.05, 0.1) is 11.4 Å². The quantitative estimate of drug-likeness (QED) is 0.605. The van der Waals surface area contributed by atoms with Crippen molar-refractivity contribution in [1.82, 2.24) is 10.3 Å². The zero-order valence-electron chi connectivity index (χ0n) is 9.88. The Balaban J connectivity index is 2.61. The summed E-state index contributed by atoms with van der Waals surface area (Å²) in [4.78, 5) is 26.3. The number of aryl methyl sites for hydroxylation is 1. The third-order valence-electron chi connectivity index (χ3n) is 2.28. The summed E-state index contributed by atoms with van der Waals surface area (Å²) >= 11 is 0. The number of amides is 2. The maximum Gasteiger partial charge on any atom is 0.326 e. The Kier molecular flexibility index (Phi) is 5.06. The molecule has 1 aromatic rings. The van der Waals surface area contributed by atoms with E-state index in [1.165, 1.54) is 0 Å². The van der Waals surface area contributed by atoms with Gasteiger partial charge in [0, 0.05) is 19.2 Å². The normalized spacial score (nSPS) is 11.7. The van der Waals surface area contributed by atoms with Gasteiger partial charge in [-0.2, -0.15) is 0 Å². The van der Waals surface area contributed by atoms with Gasteiger partial charge in [0.2, 0.25) is 0 Å². The first-order valence-corrected chi connectivity index (χ1v) is 5.37. The van der Waals surface area contributed by atoms with Crippen molar-refractivity contribution in [2.45, 2.75) is 19.4 Å². The topological polar surface area (TPSA) is 112 Å². The molecule has 0 saturated heterocycles. The van der Waals surface area contributed by atoms with Crippen molar-refractivity contribution in [3.05, 3.63) is 24.0 Å². The number of carboxylic acids is 1. The van der Waals surface area contributed by atoms with Gasteiger partial charge >= 0.3 is 12.0 Å². The fourth-order valence-corrected chi connectivity index (χ4v) is 1.32. The van der Waals surface area contributed by atoms with Gasteiger partial charge in [-0.1, -0.05) is 0 Å². The lowest BCUT2D eigenvalue weighted by Gasteiger charge is -2.14. The highest BCUT2D eigenvalue weighted by Crippen LogP contribution is 2.09. The second-order valence-corrected chi connectivity index (χ2v) is 3.64. The number of nitrogens with one attached hydrogen (secondary N) is 2. The molecule has 0 bridgehead atoms. The summed E-state index contributed by atoms with van der Waals surface area (Å²) in [5.74, 6) is -1.19. The van der Waals surface area contributed by atoms with Gasteiger partial charge in [0.25, 0.3) is 0 Å². The maximum atomic E-state index is 11.6. The van der Waals surface area contributed by atoms with Crippen LogP contribution in [0.5, 0.6) is 0 Å². The zero-order chi connectivity index (χ0) is 13.5. The molecule has 0 fully saturated rings. The minimum atomic E-state index is -1.19. The number of aliphatic carboxylic acids is 1. The highest BCUT2D eigenvalue weighted by atomic mass is 16.4. The Morgan fingerprint density at radius 1 is 1.50 bits per heavy atom. The Bertz CT molecular complexity index is 436. The van der Waals surface area contributed by atoms with E-state index in [0.717, 1.165) is 0 Å². The third-order valence-corrected chi connectivity index (χ3v) is 2.28. The summed E-state index contributed by atoms with van der Waals surface area (Å²) in [6, 6.07) is 1.55. The fraction of sp³-hybridized carbons (Fsp3) is 0.364. The first-order valence-electron chi connectivity index (χ1n) is 5.37. The number of rotatable bonds is 5. The largest absolute Gasteiger partial charge is 0.480 e. The standard InChI is InChI=1S/C11H15N3O4/c1-7-8(3-2-5-12-7)13-11(18)14-9(4-6-15)10(16)17/h2-3,5,9,15H,4,6H2,1H3,(H,16,17)(H2,13,14,18)/t9-/m0/s1. The average molecular weight is 253 g/mol. The van der Waals surface area contributed by atoms with Crippen LogP contribution in [0.1, 0.15) is 12.1 Å². The lowest BCUT2D eigenvalue weighted by molar-refractivity contribution is -0.139. The van der Waals surface area contributed by atoms with E-state index >= 15 is 0 Å². The Morgan fingerprint density at radius 2 is 2.22 bits per heavy atom. The molecule has 18 heavy (non-hydrogen) atoms. The van der Waals surface area contributed by atoms with Crippen LogP contribution in [0.2, 0.25) is 0 Å². The van der Waals surface area contributed by atoms with E-state index in [0.29, 0.717) is 11.4 Å². The number of hydrogen-bond donors (Lipinski definition) is 4. The molecule has 4 N–H and O–H groups in total. The summed E-state index contributed by atoms with van der Waals surface area (Å²) in [6.07, 6.45) is 1.54. The molecule has 0 aliphatic heterocycles. The van der Waals surface area contributed by atoms with E-state index in [9.17, 15) is 9.59 Å². The lowest BCUT2D eigenvalue weighted by atomic mass is 10.2. The van der Waals surface area contributed by atoms with E-state index in [2.05, 4.69) is 15.6 Å². The maximum absolute atomic E-state index is 11.6. The third kappa shape index (κ3) is 4.02. The molecule has 0 saturated carbocycles. The molecule has 0 unspecified atom stereocenters. The summed E-state index contributed by atoms with van der Waals surface area (Å²) in [5, 5.41) is 22.2. The van der Waals surface area contributed by atoms with Crippen LogP contribution in [0.25, 0.3) is 0 Å². The highest BCUT2D eigenvalue weighted by molar-refractivity contribution is 5.92. The molecule has 0 spiro atoms. The SMILES string of the molecule is Cc1ncccc1NC(=O)N[C@@H](CCO)C(=O)O. The van der Waals surface area contributed by atoms with Crippen molar-refractivity contribution >= 4 is 17.7 Å². The summed E-state index contributed by atoms with van der Waals surface area (Å²) in [6.45, 7) is 1.40. The number of anilines is 1. The molecular weight excluding hydrogens is 238 g/mol. The number of urea groups is 1. The second-order valence-electron chi connectivity index (χ2n) is 3.64. The summed E-state index contributed by atoms with van der Waals surface area (Å²) in [7, 11) is 0. The van der Waals surface area contributed by atoms with Crippen molar-refractivity contribution < 1.29 is 19.8 Å². The van der Waals surface area contributed by atoms with Crippen LogP contribution in [-0.4, -0.2) is 39.8 Å². The van der Waals surface area contributed by atoms with Crippen LogP contribution >= 0.6 is 0 Å². The first kappa shape index (κ1) is 13.9. The molecule has 0 radical (unpaired) electrons. The minimum absolute atomic E-state index is 0.0469. The summed E-state index contributed by atoms with van der Waals surface area (Å²) < 4.78 is 0. The molecule has 1 atom stereocenters. The molecule has 0 aliphatic carbocycles. The molecule has 98 valence electrons. The predicted octanol–water partition coefficient (Wildman–Crippen LogP) is 0.347. The number of carbonyl (C=O) groups is 2. The monoisotopic (exact) mass is 253 g/mol. The fourth-order valence-electron chi connectivity index (χ4n) is 1.32. The number of aliphatic hydroxyl groups is 1.